The van der Waals surface area contributed by atoms with E-state index in [1.807, 2.05) is 72.8 Å². The number of hydrogen-bond acceptors (Lipinski definition) is 4. The molecule has 156 valence electrons. The summed E-state index contributed by atoms with van der Waals surface area (Å²) in [5.74, 6) is -0.104. The molecule has 0 atom stereocenters. The van der Waals surface area contributed by atoms with Crippen molar-refractivity contribution in [3.05, 3.63) is 130 Å². The Morgan fingerprint density at radius 3 is 1.44 bits per heavy atom. The van der Waals surface area contributed by atoms with Gasteiger partial charge in [-0.1, -0.05) is 88.7 Å². The first-order chi connectivity index (χ1) is 15.8. The number of nitrogens with one attached hydrogen (secondary N) is 2. The summed E-state index contributed by atoms with van der Waals surface area (Å²) in [7, 11) is 0. The molecule has 32 heavy (non-hydrogen) atoms. The van der Waals surface area contributed by atoms with Crippen molar-refractivity contribution < 1.29 is 0 Å². The van der Waals surface area contributed by atoms with Gasteiger partial charge in [0.1, 0.15) is 0 Å². The normalized spacial score (nSPS) is 17.3. The van der Waals surface area contributed by atoms with Crippen molar-refractivity contribution in [3.63, 3.8) is 0 Å². The molecule has 4 aromatic carbocycles. The van der Waals surface area contributed by atoms with Gasteiger partial charge in [-0.3, -0.25) is 10.9 Å². The summed E-state index contributed by atoms with van der Waals surface area (Å²) in [6.07, 6.45) is 0. The van der Waals surface area contributed by atoms with E-state index in [2.05, 4.69) is 63.2 Å². The molecule has 0 fully saturated rings. The van der Waals surface area contributed by atoms with E-state index in [9.17, 15) is 0 Å². The Kier molecular flexibility index (Phi) is 5.81. The molecule has 0 heterocycles. The predicted octanol–water partition coefficient (Wildman–Crippen LogP) is 6.88. The van der Waals surface area contributed by atoms with Crippen LogP contribution in [0.3, 0.4) is 0 Å². The van der Waals surface area contributed by atoms with Crippen molar-refractivity contribution in [3.8, 4) is 0 Å². The van der Waals surface area contributed by atoms with E-state index in [1.165, 1.54) is 0 Å². The molecule has 0 bridgehead atoms. The minimum absolute atomic E-state index is 0.104. The first-order valence-electron chi connectivity index (χ1n) is 10.4. The lowest BCUT2D eigenvalue weighted by Gasteiger charge is -2.15. The average Bonchev–Trinajstić information content (AvgIpc) is 3.16. The maximum Gasteiger partial charge on any atom is 0.0821 e. The highest BCUT2D eigenvalue weighted by Crippen LogP contribution is 2.36. The standard InChI is InChI=1S/C27H21BrN4/c28-20-17-15-19(16-18-20)25-26(31-29-21-9-3-1-4-10-21)23-13-7-8-14-24(23)27(25)32-30-22-11-5-2-6-12-22/h1-18,25,29-30H. The molecule has 1 aliphatic rings. The summed E-state index contributed by atoms with van der Waals surface area (Å²) < 4.78 is 1.04. The quantitative estimate of drug-likeness (QED) is 0.306. The van der Waals surface area contributed by atoms with Gasteiger partial charge in [0.2, 0.25) is 0 Å². The summed E-state index contributed by atoms with van der Waals surface area (Å²) in [5.41, 5.74) is 13.5. The molecule has 0 aromatic heterocycles. The molecule has 1 aliphatic carbocycles. The minimum atomic E-state index is -0.104. The van der Waals surface area contributed by atoms with Crippen LogP contribution in [-0.2, 0) is 0 Å². The lowest BCUT2D eigenvalue weighted by molar-refractivity contribution is 1.17. The summed E-state index contributed by atoms with van der Waals surface area (Å²) in [4.78, 5) is 0. The Hall–Kier alpha value is -3.70. The number of rotatable bonds is 5. The van der Waals surface area contributed by atoms with Gasteiger partial charge in [-0.2, -0.15) is 10.2 Å². The Bertz CT molecular complexity index is 1190. The van der Waals surface area contributed by atoms with Gasteiger partial charge in [-0.05, 0) is 42.0 Å². The summed E-state index contributed by atoms with van der Waals surface area (Å²) in [6, 6.07) is 36.7. The summed E-state index contributed by atoms with van der Waals surface area (Å²) >= 11 is 3.55. The van der Waals surface area contributed by atoms with Gasteiger partial charge in [-0.15, -0.1) is 0 Å². The maximum absolute atomic E-state index is 4.87. The molecular weight excluding hydrogens is 460 g/mol. The van der Waals surface area contributed by atoms with E-state index in [4.69, 9.17) is 10.2 Å². The number of halogens is 1. The van der Waals surface area contributed by atoms with Crippen LogP contribution in [-0.4, -0.2) is 11.4 Å². The number of benzene rings is 4. The highest BCUT2D eigenvalue weighted by molar-refractivity contribution is 9.10. The van der Waals surface area contributed by atoms with Crippen LogP contribution in [0.4, 0.5) is 11.4 Å². The second kappa shape index (κ2) is 9.20. The monoisotopic (exact) mass is 480 g/mol. The molecule has 2 N–H and O–H groups in total. The van der Waals surface area contributed by atoms with Crippen molar-refractivity contribution in [2.45, 2.75) is 5.92 Å². The van der Waals surface area contributed by atoms with Crippen molar-refractivity contribution in [2.75, 3.05) is 10.9 Å². The van der Waals surface area contributed by atoms with E-state index < -0.39 is 0 Å². The fraction of sp³-hybridized carbons (Fsp3) is 0.0370. The van der Waals surface area contributed by atoms with E-state index in [-0.39, 0.29) is 5.92 Å². The van der Waals surface area contributed by atoms with Crippen LogP contribution < -0.4 is 10.9 Å². The number of hydrazone groups is 2. The van der Waals surface area contributed by atoms with Crippen molar-refractivity contribution in [2.24, 2.45) is 10.2 Å². The van der Waals surface area contributed by atoms with Crippen molar-refractivity contribution >= 4 is 38.7 Å². The third-order valence-electron chi connectivity index (χ3n) is 5.39. The van der Waals surface area contributed by atoms with Gasteiger partial charge in [-0.25, -0.2) is 0 Å². The van der Waals surface area contributed by atoms with Crippen LogP contribution in [0.5, 0.6) is 0 Å². The second-order valence-corrected chi connectivity index (χ2v) is 8.40. The van der Waals surface area contributed by atoms with E-state index in [0.717, 1.165) is 44.0 Å². The van der Waals surface area contributed by atoms with Gasteiger partial charge in [0.05, 0.1) is 28.7 Å². The lowest BCUT2D eigenvalue weighted by atomic mass is 9.93. The Morgan fingerprint density at radius 2 is 0.969 bits per heavy atom. The molecule has 0 spiro atoms. The van der Waals surface area contributed by atoms with Crippen molar-refractivity contribution in [1.29, 1.82) is 0 Å². The molecule has 0 radical (unpaired) electrons. The Morgan fingerprint density at radius 1 is 0.531 bits per heavy atom. The highest BCUT2D eigenvalue weighted by atomic mass is 79.9. The fourth-order valence-electron chi connectivity index (χ4n) is 3.87. The largest absolute Gasteiger partial charge is 0.278 e. The molecule has 0 unspecified atom stereocenters. The molecule has 0 saturated heterocycles. The van der Waals surface area contributed by atoms with Gasteiger partial charge in [0.15, 0.2) is 0 Å². The van der Waals surface area contributed by atoms with Crippen LogP contribution in [0.2, 0.25) is 0 Å². The number of hydrogen-bond donors (Lipinski definition) is 2. The van der Waals surface area contributed by atoms with Crippen LogP contribution in [0.15, 0.2) is 124 Å². The van der Waals surface area contributed by atoms with Crippen LogP contribution in [0.25, 0.3) is 0 Å². The zero-order chi connectivity index (χ0) is 21.8. The smallest absolute Gasteiger partial charge is 0.0821 e. The SMILES string of the molecule is Brc1ccc(C2C(=NNc3ccccc3)c3ccccc3C2=NNc2ccccc2)cc1. The molecule has 0 saturated carbocycles. The second-order valence-electron chi connectivity index (χ2n) is 7.48. The van der Waals surface area contributed by atoms with E-state index in [1.54, 1.807) is 0 Å². The molecular formula is C27H21BrN4. The van der Waals surface area contributed by atoms with Gasteiger partial charge in [0.25, 0.3) is 0 Å². The molecule has 0 aliphatic heterocycles. The predicted molar refractivity (Wildman–Crippen MR) is 137 cm³/mol. The van der Waals surface area contributed by atoms with Crippen LogP contribution >= 0.6 is 15.9 Å². The van der Waals surface area contributed by atoms with Crippen LogP contribution in [0, 0.1) is 0 Å². The summed E-state index contributed by atoms with van der Waals surface area (Å²) in [5, 5.41) is 9.73. The third kappa shape index (κ3) is 4.20. The number of anilines is 2. The molecule has 4 aromatic rings. The van der Waals surface area contributed by atoms with E-state index >= 15 is 0 Å². The third-order valence-corrected chi connectivity index (χ3v) is 5.92. The molecule has 5 heteroatoms. The summed E-state index contributed by atoms with van der Waals surface area (Å²) in [6.45, 7) is 0. The zero-order valence-corrected chi connectivity index (χ0v) is 18.8. The number of para-hydroxylation sites is 2. The first-order valence-corrected chi connectivity index (χ1v) is 11.2. The zero-order valence-electron chi connectivity index (χ0n) is 17.2. The minimum Gasteiger partial charge on any atom is -0.278 e. The highest BCUT2D eigenvalue weighted by Gasteiger charge is 2.36. The maximum atomic E-state index is 4.87. The first kappa shape index (κ1) is 20.2. The van der Waals surface area contributed by atoms with Crippen molar-refractivity contribution in [1.82, 2.24) is 0 Å². The number of nitrogens with zero attached hydrogens (tertiary/aromatic N) is 2. The average molecular weight is 481 g/mol. The lowest BCUT2D eigenvalue weighted by Crippen LogP contribution is -2.17. The Balaban J connectivity index is 1.61. The Labute approximate surface area is 195 Å². The van der Waals surface area contributed by atoms with E-state index in [0.29, 0.717) is 0 Å². The van der Waals surface area contributed by atoms with Gasteiger partial charge >= 0.3 is 0 Å². The van der Waals surface area contributed by atoms with Gasteiger partial charge in [0, 0.05) is 15.6 Å². The topological polar surface area (TPSA) is 48.8 Å². The molecule has 5 rings (SSSR count). The number of fused-ring (bicyclic) bond motifs is 1. The van der Waals surface area contributed by atoms with Gasteiger partial charge < -0.3 is 0 Å². The molecule has 0 amide bonds. The van der Waals surface area contributed by atoms with Crippen LogP contribution in [0.1, 0.15) is 22.6 Å². The fourth-order valence-corrected chi connectivity index (χ4v) is 4.13. The molecule has 4 nitrogen and oxygen atoms in total.